The summed E-state index contributed by atoms with van der Waals surface area (Å²) in [6.07, 6.45) is 0.583. The summed E-state index contributed by atoms with van der Waals surface area (Å²) < 4.78 is 0. The first-order valence-electron chi connectivity index (χ1n) is 3.11. The molecule has 0 saturated carbocycles. The maximum Gasteiger partial charge on any atom is 0.224 e. The molecule has 4 nitrogen and oxygen atoms in total. The van der Waals surface area contributed by atoms with Crippen LogP contribution in [-0.4, -0.2) is 25.9 Å². The zero-order valence-corrected chi connectivity index (χ0v) is 6.18. The number of hydrogen-bond acceptors (Lipinski definition) is 2. The first-order valence-corrected chi connectivity index (χ1v) is 3.11. The van der Waals surface area contributed by atoms with Crippen molar-refractivity contribution in [2.75, 3.05) is 13.6 Å². The molecule has 0 fully saturated rings. The Labute approximate surface area is 60.0 Å². The number of nitrogens with one attached hydrogen (secondary N) is 2. The largest absolute Gasteiger partial charge is 0.359 e. The fourth-order valence-electron chi connectivity index (χ4n) is 0.564. The van der Waals surface area contributed by atoms with Crippen LogP contribution in [0.15, 0.2) is 0 Å². The highest BCUT2D eigenvalue weighted by Crippen LogP contribution is 1.89. The van der Waals surface area contributed by atoms with Crippen LogP contribution in [0.25, 0.3) is 0 Å². The molecular formula is C6H12N2O2. The zero-order chi connectivity index (χ0) is 7.98. The van der Waals surface area contributed by atoms with E-state index in [0.717, 1.165) is 0 Å². The van der Waals surface area contributed by atoms with Gasteiger partial charge in [0.15, 0.2) is 0 Å². The van der Waals surface area contributed by atoms with E-state index >= 15 is 0 Å². The third-order valence-corrected chi connectivity index (χ3v) is 1.20. The summed E-state index contributed by atoms with van der Waals surface area (Å²) in [7, 11) is 1.57. The lowest BCUT2D eigenvalue weighted by Gasteiger charge is -2.07. The highest BCUT2D eigenvalue weighted by atomic mass is 16.2. The van der Waals surface area contributed by atoms with Gasteiger partial charge in [-0.15, -0.1) is 0 Å². The summed E-state index contributed by atoms with van der Waals surface area (Å²) >= 11 is 0. The van der Waals surface area contributed by atoms with Crippen LogP contribution in [0.3, 0.4) is 0 Å². The topological polar surface area (TPSA) is 58.2 Å². The summed E-state index contributed by atoms with van der Waals surface area (Å²) in [5, 5.41) is 4.90. The van der Waals surface area contributed by atoms with Crippen LogP contribution >= 0.6 is 0 Å². The standard InChI is InChI=1S/C6H12N2O2/c1-5(3-8-4-9)6(10)7-2/h4-5H,3H2,1-2H3,(H,7,10)(H,8,9). The number of carbonyl (C=O) groups is 2. The molecule has 0 aliphatic heterocycles. The van der Waals surface area contributed by atoms with Crippen molar-refractivity contribution in [2.45, 2.75) is 6.92 Å². The lowest BCUT2D eigenvalue weighted by Crippen LogP contribution is -2.32. The number of carbonyl (C=O) groups excluding carboxylic acids is 2. The molecule has 0 spiro atoms. The van der Waals surface area contributed by atoms with Crippen molar-refractivity contribution in [1.29, 1.82) is 0 Å². The van der Waals surface area contributed by atoms with E-state index in [1.165, 1.54) is 0 Å². The Morgan fingerprint density at radius 2 is 2.30 bits per heavy atom. The molecule has 0 aromatic carbocycles. The molecule has 0 saturated heterocycles. The van der Waals surface area contributed by atoms with Crippen LogP contribution in [0.2, 0.25) is 0 Å². The molecule has 4 heteroatoms. The van der Waals surface area contributed by atoms with Crippen molar-refractivity contribution < 1.29 is 9.59 Å². The maximum absolute atomic E-state index is 10.8. The fourth-order valence-corrected chi connectivity index (χ4v) is 0.564. The molecule has 2 N–H and O–H groups in total. The van der Waals surface area contributed by atoms with Crippen LogP contribution in [0.4, 0.5) is 0 Å². The van der Waals surface area contributed by atoms with Gasteiger partial charge in [0.05, 0.1) is 5.92 Å². The third kappa shape index (κ3) is 3.06. The molecule has 0 radical (unpaired) electrons. The number of rotatable bonds is 4. The molecule has 1 atom stereocenters. The van der Waals surface area contributed by atoms with Crippen molar-refractivity contribution >= 4 is 12.3 Å². The Morgan fingerprint density at radius 3 is 2.70 bits per heavy atom. The van der Waals surface area contributed by atoms with Gasteiger partial charge in [0, 0.05) is 13.6 Å². The summed E-state index contributed by atoms with van der Waals surface area (Å²) in [4.78, 5) is 20.5. The minimum Gasteiger partial charge on any atom is -0.359 e. The van der Waals surface area contributed by atoms with E-state index in [-0.39, 0.29) is 11.8 Å². The van der Waals surface area contributed by atoms with E-state index < -0.39 is 0 Å². The third-order valence-electron chi connectivity index (χ3n) is 1.20. The molecule has 2 amide bonds. The van der Waals surface area contributed by atoms with Gasteiger partial charge in [0.2, 0.25) is 12.3 Å². The predicted octanol–water partition coefficient (Wildman–Crippen LogP) is -0.886. The van der Waals surface area contributed by atoms with Gasteiger partial charge in [-0.1, -0.05) is 6.92 Å². The highest BCUT2D eigenvalue weighted by Gasteiger charge is 2.08. The Morgan fingerprint density at radius 1 is 1.70 bits per heavy atom. The van der Waals surface area contributed by atoms with Crippen molar-refractivity contribution in [3.05, 3.63) is 0 Å². The molecule has 10 heavy (non-hydrogen) atoms. The second-order valence-corrected chi connectivity index (χ2v) is 2.04. The molecule has 0 bridgehead atoms. The Balaban J connectivity index is 3.50. The van der Waals surface area contributed by atoms with Gasteiger partial charge in [-0.25, -0.2) is 0 Å². The molecule has 0 rings (SSSR count). The molecular weight excluding hydrogens is 132 g/mol. The van der Waals surface area contributed by atoms with Gasteiger partial charge in [0.25, 0.3) is 0 Å². The van der Waals surface area contributed by atoms with Crippen LogP contribution < -0.4 is 10.6 Å². The van der Waals surface area contributed by atoms with E-state index in [0.29, 0.717) is 13.0 Å². The summed E-state index contributed by atoms with van der Waals surface area (Å²) in [5.74, 6) is -0.218. The number of hydrogen-bond donors (Lipinski definition) is 2. The Hall–Kier alpha value is -1.06. The second-order valence-electron chi connectivity index (χ2n) is 2.04. The lowest BCUT2D eigenvalue weighted by atomic mass is 10.2. The zero-order valence-electron chi connectivity index (χ0n) is 6.18. The van der Waals surface area contributed by atoms with Crippen LogP contribution in [0.1, 0.15) is 6.92 Å². The van der Waals surface area contributed by atoms with Gasteiger partial charge in [-0.2, -0.15) is 0 Å². The van der Waals surface area contributed by atoms with Crippen molar-refractivity contribution in [1.82, 2.24) is 10.6 Å². The van der Waals surface area contributed by atoms with Crippen molar-refractivity contribution in [2.24, 2.45) is 5.92 Å². The summed E-state index contributed by atoms with van der Waals surface area (Å²) in [5.41, 5.74) is 0. The molecule has 0 aromatic heterocycles. The first kappa shape index (κ1) is 8.94. The molecule has 0 heterocycles. The molecule has 0 aromatic rings. The van der Waals surface area contributed by atoms with E-state index in [1.54, 1.807) is 14.0 Å². The monoisotopic (exact) mass is 144 g/mol. The average molecular weight is 144 g/mol. The Kier molecular flexibility index (Phi) is 4.28. The van der Waals surface area contributed by atoms with E-state index in [1.807, 2.05) is 0 Å². The van der Waals surface area contributed by atoms with Crippen LogP contribution in [0.5, 0.6) is 0 Å². The van der Waals surface area contributed by atoms with E-state index in [9.17, 15) is 9.59 Å². The van der Waals surface area contributed by atoms with E-state index in [4.69, 9.17) is 0 Å². The predicted molar refractivity (Wildman–Crippen MR) is 37.3 cm³/mol. The van der Waals surface area contributed by atoms with E-state index in [2.05, 4.69) is 10.6 Å². The SMILES string of the molecule is CNC(=O)C(C)CNC=O. The maximum atomic E-state index is 10.8. The molecule has 0 aliphatic rings. The van der Waals surface area contributed by atoms with Crippen molar-refractivity contribution in [3.63, 3.8) is 0 Å². The van der Waals surface area contributed by atoms with Crippen LogP contribution in [-0.2, 0) is 9.59 Å². The van der Waals surface area contributed by atoms with Gasteiger partial charge >= 0.3 is 0 Å². The van der Waals surface area contributed by atoms with Gasteiger partial charge < -0.3 is 10.6 Å². The minimum atomic E-state index is -0.157. The Bertz CT molecular complexity index is 125. The lowest BCUT2D eigenvalue weighted by molar-refractivity contribution is -0.123. The van der Waals surface area contributed by atoms with Gasteiger partial charge in [-0.3, -0.25) is 9.59 Å². The quantitative estimate of drug-likeness (QED) is 0.503. The van der Waals surface area contributed by atoms with Gasteiger partial charge in [-0.05, 0) is 0 Å². The van der Waals surface area contributed by atoms with Gasteiger partial charge in [0.1, 0.15) is 0 Å². The molecule has 0 aliphatic carbocycles. The minimum absolute atomic E-state index is 0.0608. The highest BCUT2D eigenvalue weighted by molar-refractivity contribution is 5.78. The second kappa shape index (κ2) is 4.78. The smallest absolute Gasteiger partial charge is 0.224 e. The average Bonchev–Trinajstić information content (AvgIpc) is 1.98. The first-order chi connectivity index (χ1) is 4.72. The summed E-state index contributed by atoms with van der Waals surface area (Å²) in [6.45, 7) is 2.14. The normalized spacial score (nSPS) is 11.8. The van der Waals surface area contributed by atoms with Crippen molar-refractivity contribution in [3.8, 4) is 0 Å². The molecule has 1 unspecified atom stereocenters. The molecule has 58 valence electrons. The number of amides is 2. The van der Waals surface area contributed by atoms with Crippen LogP contribution in [0, 0.1) is 5.92 Å². The summed E-state index contributed by atoms with van der Waals surface area (Å²) in [6, 6.07) is 0. The fraction of sp³-hybridized carbons (Fsp3) is 0.667.